The zero-order chi connectivity index (χ0) is 22.9. The fourth-order valence-electron chi connectivity index (χ4n) is 4.77. The number of amides is 1. The number of aryl methyl sites for hydroxylation is 1. The van der Waals surface area contributed by atoms with Gasteiger partial charge in [0.05, 0.1) is 11.4 Å². The van der Waals surface area contributed by atoms with Crippen LogP contribution in [0.2, 0.25) is 0 Å². The van der Waals surface area contributed by atoms with Gasteiger partial charge >= 0.3 is 0 Å². The average Bonchev–Trinajstić information content (AvgIpc) is 3.54. The van der Waals surface area contributed by atoms with Crippen molar-refractivity contribution in [2.45, 2.75) is 25.4 Å². The average molecular weight is 451 g/mol. The number of carbonyl (C=O) groups is 1. The molecule has 1 aromatic heterocycles. The highest BCUT2D eigenvalue weighted by molar-refractivity contribution is 6.13. The summed E-state index contributed by atoms with van der Waals surface area (Å²) in [6.07, 6.45) is 9.83. The number of rotatable bonds is 5. The van der Waals surface area contributed by atoms with Crippen LogP contribution < -0.4 is 10.7 Å². The summed E-state index contributed by atoms with van der Waals surface area (Å²) in [5.41, 5.74) is 7.30. The van der Waals surface area contributed by atoms with Crippen molar-refractivity contribution in [1.82, 2.24) is 25.3 Å². The van der Waals surface area contributed by atoms with Crippen molar-refractivity contribution in [3.05, 3.63) is 108 Å². The van der Waals surface area contributed by atoms with Gasteiger partial charge in [0.2, 0.25) is 5.91 Å². The van der Waals surface area contributed by atoms with E-state index >= 15 is 0 Å². The molecular formula is C27H26N6O. The van der Waals surface area contributed by atoms with Gasteiger partial charge in [0.25, 0.3) is 0 Å². The molecule has 170 valence electrons. The molecule has 0 saturated heterocycles. The largest absolute Gasteiger partial charge is 0.354 e. The van der Waals surface area contributed by atoms with E-state index in [1.807, 2.05) is 59.9 Å². The molecule has 6 rings (SSSR count). The van der Waals surface area contributed by atoms with Crippen LogP contribution in [0.4, 0.5) is 0 Å². The molecule has 0 bridgehead atoms. The SMILES string of the molecule is O=C(NCC1CCc2nccn2C1)C1C=C2N=C(c3ccccc3)C=C(c3ccccc3)N2N1. The fourth-order valence-corrected chi connectivity index (χ4v) is 4.77. The summed E-state index contributed by atoms with van der Waals surface area (Å²) >= 11 is 0. The van der Waals surface area contributed by atoms with Crippen LogP contribution in [0.3, 0.4) is 0 Å². The standard InChI is InChI=1S/C27H26N6O/c34-27(29-17-19-11-12-25-28-13-14-32(25)18-19)23-16-26-30-22(20-7-3-1-4-8-20)15-24(33(26)31-23)21-9-5-2-6-10-21/h1-10,13-16,19,23,31H,11-12,17-18H2,(H,29,34). The van der Waals surface area contributed by atoms with E-state index < -0.39 is 6.04 Å². The lowest BCUT2D eigenvalue weighted by Gasteiger charge is -2.28. The summed E-state index contributed by atoms with van der Waals surface area (Å²) in [6.45, 7) is 1.55. The van der Waals surface area contributed by atoms with Gasteiger partial charge in [-0.1, -0.05) is 60.7 Å². The number of fused-ring (bicyclic) bond motifs is 2. The van der Waals surface area contributed by atoms with Crippen LogP contribution in [0.25, 0.3) is 5.70 Å². The molecule has 7 nitrogen and oxygen atoms in total. The number of imidazole rings is 1. The van der Waals surface area contributed by atoms with Crippen LogP contribution in [0.15, 0.2) is 96.0 Å². The Morgan fingerprint density at radius 1 is 1.06 bits per heavy atom. The first-order valence-electron chi connectivity index (χ1n) is 11.7. The molecule has 3 aromatic rings. The minimum Gasteiger partial charge on any atom is -0.354 e. The van der Waals surface area contributed by atoms with Gasteiger partial charge in [-0.15, -0.1) is 0 Å². The van der Waals surface area contributed by atoms with Crippen LogP contribution in [-0.4, -0.2) is 38.8 Å². The van der Waals surface area contributed by atoms with Gasteiger partial charge in [0, 0.05) is 37.5 Å². The van der Waals surface area contributed by atoms with Crippen molar-refractivity contribution in [3.8, 4) is 0 Å². The van der Waals surface area contributed by atoms with Crippen LogP contribution in [-0.2, 0) is 17.8 Å². The van der Waals surface area contributed by atoms with E-state index in [1.165, 1.54) is 0 Å². The molecule has 3 aliphatic heterocycles. The predicted octanol–water partition coefficient (Wildman–Crippen LogP) is 3.14. The molecule has 2 N–H and O–H groups in total. The highest BCUT2D eigenvalue weighted by Gasteiger charge is 2.33. The first kappa shape index (κ1) is 20.6. The summed E-state index contributed by atoms with van der Waals surface area (Å²) in [5, 5.41) is 5.07. The van der Waals surface area contributed by atoms with E-state index in [1.54, 1.807) is 0 Å². The lowest BCUT2D eigenvalue weighted by Crippen LogP contribution is -2.47. The zero-order valence-corrected chi connectivity index (χ0v) is 18.8. The van der Waals surface area contributed by atoms with E-state index in [9.17, 15) is 4.79 Å². The van der Waals surface area contributed by atoms with Crippen LogP contribution in [0.1, 0.15) is 23.4 Å². The molecule has 34 heavy (non-hydrogen) atoms. The van der Waals surface area contributed by atoms with Crippen LogP contribution in [0, 0.1) is 5.92 Å². The second-order valence-corrected chi connectivity index (χ2v) is 8.87. The summed E-state index contributed by atoms with van der Waals surface area (Å²) in [7, 11) is 0. The van der Waals surface area contributed by atoms with Gasteiger partial charge in [0.1, 0.15) is 17.7 Å². The smallest absolute Gasteiger partial charge is 0.243 e. The molecule has 4 heterocycles. The summed E-state index contributed by atoms with van der Waals surface area (Å²) in [6, 6.07) is 19.8. The topological polar surface area (TPSA) is 74.5 Å². The highest BCUT2D eigenvalue weighted by Crippen LogP contribution is 2.31. The van der Waals surface area contributed by atoms with E-state index in [0.717, 1.165) is 53.6 Å². The van der Waals surface area contributed by atoms with Crippen molar-refractivity contribution in [2.24, 2.45) is 10.9 Å². The predicted molar refractivity (Wildman–Crippen MR) is 131 cm³/mol. The molecule has 2 aromatic carbocycles. The maximum Gasteiger partial charge on any atom is 0.243 e. The Kier molecular flexibility index (Phi) is 5.31. The first-order chi connectivity index (χ1) is 16.7. The van der Waals surface area contributed by atoms with Gasteiger partial charge in [0.15, 0.2) is 0 Å². The maximum atomic E-state index is 13.1. The number of carbonyl (C=O) groups excluding carboxylic acids is 1. The van der Waals surface area contributed by atoms with Crippen molar-refractivity contribution in [3.63, 3.8) is 0 Å². The molecule has 0 spiro atoms. The fraction of sp³-hybridized carbons (Fsp3) is 0.222. The molecule has 0 fully saturated rings. The Bertz CT molecular complexity index is 1290. The molecule has 0 radical (unpaired) electrons. The van der Waals surface area contributed by atoms with Crippen molar-refractivity contribution >= 4 is 17.3 Å². The van der Waals surface area contributed by atoms with E-state index in [4.69, 9.17) is 4.99 Å². The third kappa shape index (κ3) is 3.95. The number of allylic oxidation sites excluding steroid dienone is 1. The summed E-state index contributed by atoms with van der Waals surface area (Å²) in [4.78, 5) is 22.3. The van der Waals surface area contributed by atoms with Crippen LogP contribution in [0.5, 0.6) is 0 Å². The van der Waals surface area contributed by atoms with Gasteiger partial charge in [-0.25, -0.2) is 15.4 Å². The second kappa shape index (κ2) is 8.76. The monoisotopic (exact) mass is 450 g/mol. The molecular weight excluding hydrogens is 424 g/mol. The number of nitrogens with one attached hydrogen (secondary N) is 2. The Balaban J connectivity index is 1.21. The number of benzene rings is 2. The van der Waals surface area contributed by atoms with Crippen molar-refractivity contribution in [1.29, 1.82) is 0 Å². The summed E-state index contributed by atoms with van der Waals surface area (Å²) < 4.78 is 2.19. The number of hydrogen-bond donors (Lipinski definition) is 2. The van der Waals surface area contributed by atoms with E-state index in [2.05, 4.69) is 50.6 Å². The van der Waals surface area contributed by atoms with E-state index in [0.29, 0.717) is 12.5 Å². The van der Waals surface area contributed by atoms with Crippen LogP contribution >= 0.6 is 0 Å². The molecule has 2 atom stereocenters. The third-order valence-electron chi connectivity index (χ3n) is 6.58. The van der Waals surface area contributed by atoms with Crippen molar-refractivity contribution < 1.29 is 4.79 Å². The van der Waals surface area contributed by atoms with E-state index in [-0.39, 0.29) is 5.91 Å². The zero-order valence-electron chi connectivity index (χ0n) is 18.8. The minimum atomic E-state index is -0.478. The molecule has 7 heteroatoms. The Morgan fingerprint density at radius 3 is 2.62 bits per heavy atom. The third-order valence-corrected chi connectivity index (χ3v) is 6.58. The molecule has 2 unspecified atom stereocenters. The number of hydrazine groups is 1. The highest BCUT2D eigenvalue weighted by atomic mass is 16.2. The number of aromatic nitrogens is 2. The van der Waals surface area contributed by atoms with Gasteiger partial charge in [-0.05, 0) is 30.1 Å². The normalized spacial score (nSPS) is 21.2. The minimum absolute atomic E-state index is 0.0396. The van der Waals surface area contributed by atoms with Gasteiger partial charge < -0.3 is 9.88 Å². The number of nitrogens with zero attached hydrogens (tertiary/aromatic N) is 4. The molecule has 3 aliphatic rings. The maximum absolute atomic E-state index is 13.1. The first-order valence-corrected chi connectivity index (χ1v) is 11.7. The lowest BCUT2D eigenvalue weighted by atomic mass is 9.99. The Labute approximate surface area is 198 Å². The molecule has 1 amide bonds. The Hall–Kier alpha value is -3.97. The van der Waals surface area contributed by atoms with Gasteiger partial charge in [-0.3, -0.25) is 9.80 Å². The molecule has 0 saturated carbocycles. The van der Waals surface area contributed by atoms with Crippen molar-refractivity contribution in [2.75, 3.05) is 6.54 Å². The number of aliphatic imine (C=N–C) groups is 1. The number of hydrogen-bond acceptors (Lipinski definition) is 5. The molecule has 0 aliphatic carbocycles. The second-order valence-electron chi connectivity index (χ2n) is 8.87. The van der Waals surface area contributed by atoms with Gasteiger partial charge in [-0.2, -0.15) is 0 Å². The Morgan fingerprint density at radius 2 is 1.82 bits per heavy atom. The summed E-state index contributed by atoms with van der Waals surface area (Å²) in [5.74, 6) is 2.24. The lowest BCUT2D eigenvalue weighted by molar-refractivity contribution is -0.122. The quantitative estimate of drug-likeness (QED) is 0.626.